The van der Waals surface area contributed by atoms with E-state index in [0.29, 0.717) is 6.61 Å². The molecule has 0 unspecified atom stereocenters. The Balaban J connectivity index is 2.42. The molecule has 1 rings (SSSR count). The van der Waals surface area contributed by atoms with Gasteiger partial charge in [0.1, 0.15) is 6.61 Å². The Bertz CT molecular complexity index is 70.6. The van der Waals surface area contributed by atoms with E-state index < -0.39 is 0 Å². The van der Waals surface area contributed by atoms with Gasteiger partial charge in [-0.05, 0) is 5.92 Å². The zero-order valence-electron chi connectivity index (χ0n) is 2.56. The molecule has 0 aliphatic carbocycles. The smallest absolute Gasteiger partial charge is 0.140 e. The number of hydrogen-bond donors (Lipinski definition) is 0. The molecule has 0 amide bonds. The van der Waals surface area contributed by atoms with Gasteiger partial charge >= 0.3 is 0 Å². The molecule has 0 aromatic heterocycles. The van der Waals surface area contributed by atoms with Gasteiger partial charge in [-0.15, -0.1) is 0 Å². The minimum absolute atomic E-state index is 0.472. The molecule has 2 heteroatoms. The largest absolute Gasteiger partial charge is 0.231 e. The van der Waals surface area contributed by atoms with E-state index in [1.165, 1.54) is 0 Å². The highest BCUT2D eigenvalue weighted by atomic mass is 16.6. The molecule has 0 fully saturated rings. The average Bonchev–Trinajstić information content (AvgIpc) is 1.76. The Labute approximate surface area is 30.1 Å². The van der Waals surface area contributed by atoms with Crippen LogP contribution in [0.3, 0.4) is 0 Å². The van der Waals surface area contributed by atoms with Crippen LogP contribution in [0.25, 0.3) is 0 Å². The maximum Gasteiger partial charge on any atom is 0.140 e. The van der Waals surface area contributed by atoms with Crippen molar-refractivity contribution in [3.05, 3.63) is 0 Å². The monoisotopic (exact) mass is 68.0 g/mol. The van der Waals surface area contributed by atoms with Crippen molar-refractivity contribution in [3.8, 4) is 12.0 Å². The molecule has 1 aliphatic rings. The molecular weight excluding hydrogens is 66.0 g/mol. The zero-order valence-corrected chi connectivity index (χ0v) is 2.56. The zero-order chi connectivity index (χ0) is 3.54. The number of hydroxylamine groups is 1. The lowest BCUT2D eigenvalue weighted by molar-refractivity contribution is 0.112. The van der Waals surface area contributed by atoms with Crippen LogP contribution in [0, 0.1) is 12.0 Å². The normalized spacial score (nSPS) is 16.0. The second-order valence-electron chi connectivity index (χ2n) is 0.653. The van der Waals surface area contributed by atoms with Gasteiger partial charge in [0.25, 0.3) is 0 Å². The van der Waals surface area contributed by atoms with Crippen molar-refractivity contribution in [2.24, 2.45) is 0 Å². The van der Waals surface area contributed by atoms with Gasteiger partial charge in [0, 0.05) is 0 Å². The fourth-order valence-electron chi connectivity index (χ4n) is 0.161. The molecule has 5 heavy (non-hydrogen) atoms. The Morgan fingerprint density at radius 3 is 3.00 bits per heavy atom. The van der Waals surface area contributed by atoms with Crippen LogP contribution in [0.4, 0.5) is 0 Å². The van der Waals surface area contributed by atoms with Gasteiger partial charge in [-0.1, -0.05) is 5.48 Å². The predicted molar refractivity (Wildman–Crippen MR) is 15.9 cm³/mol. The van der Waals surface area contributed by atoms with E-state index >= 15 is 0 Å². The van der Waals surface area contributed by atoms with Gasteiger partial charge in [0.15, 0.2) is 0 Å². The minimum atomic E-state index is 0.472. The maximum atomic E-state index is 4.35. The van der Waals surface area contributed by atoms with E-state index in [0.717, 1.165) is 0 Å². The van der Waals surface area contributed by atoms with E-state index in [2.05, 4.69) is 22.3 Å². The van der Waals surface area contributed by atoms with Crippen LogP contribution < -0.4 is 5.48 Å². The summed E-state index contributed by atoms with van der Waals surface area (Å²) < 4.78 is 0. The summed E-state index contributed by atoms with van der Waals surface area (Å²) in [6, 6.07) is 2.38. The summed E-state index contributed by atoms with van der Waals surface area (Å²) in [6.07, 6.45) is 0. The molecule has 0 spiro atoms. The molecule has 0 saturated carbocycles. The molecule has 0 bridgehead atoms. The molecule has 0 N–H and O–H groups in total. The highest BCUT2D eigenvalue weighted by Crippen LogP contribution is 1.70. The SMILES string of the molecule is C1#C[N]OC1. The first-order chi connectivity index (χ1) is 2.50. The Morgan fingerprint density at radius 2 is 2.80 bits per heavy atom. The van der Waals surface area contributed by atoms with Crippen LogP contribution in [-0.4, -0.2) is 6.61 Å². The van der Waals surface area contributed by atoms with Crippen LogP contribution >= 0.6 is 0 Å². The third-order valence-electron chi connectivity index (χ3n) is 0.326. The molecule has 2 nitrogen and oxygen atoms in total. The van der Waals surface area contributed by atoms with E-state index in [1.54, 1.807) is 0 Å². The minimum Gasteiger partial charge on any atom is -0.231 e. The molecule has 0 saturated heterocycles. The van der Waals surface area contributed by atoms with Crippen LogP contribution in [-0.2, 0) is 4.84 Å². The van der Waals surface area contributed by atoms with E-state index in [9.17, 15) is 0 Å². The number of nitrogens with zero attached hydrogens (tertiary/aromatic N) is 1. The number of hydrogen-bond acceptors (Lipinski definition) is 1. The molecule has 1 radical (unpaired) electrons. The Hall–Kier alpha value is -0.680. The van der Waals surface area contributed by atoms with Crippen molar-refractivity contribution in [1.29, 1.82) is 0 Å². The summed E-state index contributed by atoms with van der Waals surface area (Å²) in [5, 5.41) is 0. The summed E-state index contributed by atoms with van der Waals surface area (Å²) in [7, 11) is 0. The quantitative estimate of drug-likeness (QED) is 0.351. The molecule has 25 valence electrons. The number of rotatable bonds is 0. The van der Waals surface area contributed by atoms with Crippen LogP contribution in [0.15, 0.2) is 0 Å². The lowest BCUT2D eigenvalue weighted by atomic mass is 10.8. The van der Waals surface area contributed by atoms with E-state index in [4.69, 9.17) is 0 Å². The highest BCUT2D eigenvalue weighted by molar-refractivity contribution is 4.98. The summed E-state index contributed by atoms with van der Waals surface area (Å²) in [5.74, 6) is 2.58. The molecule has 0 aromatic rings. The average molecular weight is 68.1 g/mol. The van der Waals surface area contributed by atoms with Gasteiger partial charge in [-0.3, -0.25) is 0 Å². The molecular formula is C3H2NO. The van der Waals surface area contributed by atoms with Crippen molar-refractivity contribution in [2.45, 2.75) is 0 Å². The summed E-state index contributed by atoms with van der Waals surface area (Å²) in [6.45, 7) is 0.472. The first kappa shape index (κ1) is 2.55. The first-order valence-corrected chi connectivity index (χ1v) is 1.30. The first-order valence-electron chi connectivity index (χ1n) is 1.30. The molecule has 1 aliphatic heterocycles. The van der Waals surface area contributed by atoms with Crippen molar-refractivity contribution < 1.29 is 4.84 Å². The van der Waals surface area contributed by atoms with Gasteiger partial charge in [-0.2, -0.15) is 0 Å². The van der Waals surface area contributed by atoms with Gasteiger partial charge in [0.2, 0.25) is 0 Å². The lowest BCUT2D eigenvalue weighted by Gasteiger charge is -1.74. The fraction of sp³-hybridized carbons (Fsp3) is 0.333. The third kappa shape index (κ3) is 0.310. The van der Waals surface area contributed by atoms with Crippen LogP contribution in [0.2, 0.25) is 0 Å². The van der Waals surface area contributed by atoms with Gasteiger partial charge in [-0.25, -0.2) is 4.84 Å². The molecule has 0 aromatic carbocycles. The second kappa shape index (κ2) is 0.958. The predicted octanol–water partition coefficient (Wildman–Crippen LogP) is -0.503. The topological polar surface area (TPSA) is 23.3 Å². The van der Waals surface area contributed by atoms with Crippen molar-refractivity contribution in [1.82, 2.24) is 5.48 Å². The van der Waals surface area contributed by atoms with E-state index in [1.807, 2.05) is 0 Å². The fourth-order valence-corrected chi connectivity index (χ4v) is 0.161. The molecule has 1 heterocycles. The van der Waals surface area contributed by atoms with Crippen molar-refractivity contribution in [3.63, 3.8) is 0 Å². The van der Waals surface area contributed by atoms with Gasteiger partial charge in [0.05, 0.1) is 6.04 Å². The van der Waals surface area contributed by atoms with Crippen LogP contribution in [0.1, 0.15) is 0 Å². The van der Waals surface area contributed by atoms with Gasteiger partial charge < -0.3 is 0 Å². The maximum absolute atomic E-state index is 4.35. The standard InChI is InChI=1S/C3H2NO/c1-2-4-5-3-1/h3H2. The molecule has 0 atom stereocenters. The third-order valence-corrected chi connectivity index (χ3v) is 0.326. The summed E-state index contributed by atoms with van der Waals surface area (Å²) in [5.41, 5.74) is 3.22. The van der Waals surface area contributed by atoms with E-state index in [-0.39, 0.29) is 0 Å². The second-order valence-corrected chi connectivity index (χ2v) is 0.653. The van der Waals surface area contributed by atoms with Crippen molar-refractivity contribution in [2.75, 3.05) is 6.61 Å². The Kier molecular flexibility index (Phi) is 0.489. The lowest BCUT2D eigenvalue weighted by Crippen LogP contribution is -1.88. The summed E-state index contributed by atoms with van der Waals surface area (Å²) >= 11 is 0. The highest BCUT2D eigenvalue weighted by Gasteiger charge is 1.82. The summed E-state index contributed by atoms with van der Waals surface area (Å²) in [4.78, 5) is 4.35. The Morgan fingerprint density at radius 1 is 1.80 bits per heavy atom. The van der Waals surface area contributed by atoms with Crippen LogP contribution in [0.5, 0.6) is 0 Å². The van der Waals surface area contributed by atoms with Crippen molar-refractivity contribution >= 4 is 0 Å².